The maximum atomic E-state index is 12.6. The highest BCUT2D eigenvalue weighted by Crippen LogP contribution is 2.55. The Labute approximate surface area is 82.7 Å². The summed E-state index contributed by atoms with van der Waals surface area (Å²) in [5.41, 5.74) is -0.539. The SMILES string of the molecule is FC(F)(F)c1ccc(C2CC2(F)F)cc1. The zero-order chi connectivity index (χ0) is 11.3. The molecule has 0 saturated heterocycles. The van der Waals surface area contributed by atoms with Gasteiger partial charge in [-0.3, -0.25) is 0 Å². The molecule has 0 bridgehead atoms. The number of alkyl halides is 5. The predicted octanol–water partition coefficient (Wildman–Crippen LogP) is 3.83. The quantitative estimate of drug-likeness (QED) is 0.633. The molecule has 1 fully saturated rings. The molecule has 1 aromatic carbocycles. The van der Waals surface area contributed by atoms with Gasteiger partial charge >= 0.3 is 6.18 Å². The van der Waals surface area contributed by atoms with E-state index in [1.54, 1.807) is 0 Å². The summed E-state index contributed by atoms with van der Waals surface area (Å²) in [6, 6.07) is 3.91. The van der Waals surface area contributed by atoms with Crippen molar-refractivity contribution in [3.8, 4) is 0 Å². The highest BCUT2D eigenvalue weighted by Gasteiger charge is 2.57. The minimum absolute atomic E-state index is 0.266. The smallest absolute Gasteiger partial charge is 0.206 e. The van der Waals surface area contributed by atoms with Crippen LogP contribution in [0.1, 0.15) is 23.5 Å². The fourth-order valence-corrected chi connectivity index (χ4v) is 1.48. The first-order valence-corrected chi connectivity index (χ1v) is 4.36. The maximum Gasteiger partial charge on any atom is 0.416 e. The van der Waals surface area contributed by atoms with E-state index >= 15 is 0 Å². The predicted molar refractivity (Wildman–Crippen MR) is 43.7 cm³/mol. The van der Waals surface area contributed by atoms with E-state index in [0.29, 0.717) is 0 Å². The van der Waals surface area contributed by atoms with E-state index in [4.69, 9.17) is 0 Å². The molecular formula is C10H7F5. The zero-order valence-corrected chi connectivity index (χ0v) is 7.48. The lowest BCUT2D eigenvalue weighted by Crippen LogP contribution is -2.04. The third-order valence-corrected chi connectivity index (χ3v) is 2.47. The van der Waals surface area contributed by atoms with Crippen LogP contribution < -0.4 is 0 Å². The van der Waals surface area contributed by atoms with Gasteiger partial charge in [0, 0.05) is 6.42 Å². The molecule has 0 heterocycles. The van der Waals surface area contributed by atoms with Gasteiger partial charge in [0.15, 0.2) is 0 Å². The first-order chi connectivity index (χ1) is 6.81. The lowest BCUT2D eigenvalue weighted by atomic mass is 10.1. The lowest BCUT2D eigenvalue weighted by molar-refractivity contribution is -0.137. The van der Waals surface area contributed by atoms with E-state index in [0.717, 1.165) is 24.3 Å². The van der Waals surface area contributed by atoms with Crippen LogP contribution in [-0.2, 0) is 6.18 Å². The van der Waals surface area contributed by atoms with Gasteiger partial charge in [-0.15, -0.1) is 0 Å². The van der Waals surface area contributed by atoms with Crippen molar-refractivity contribution in [2.24, 2.45) is 0 Å². The summed E-state index contributed by atoms with van der Waals surface area (Å²) >= 11 is 0. The highest BCUT2D eigenvalue weighted by atomic mass is 19.4. The molecule has 0 radical (unpaired) electrons. The van der Waals surface area contributed by atoms with Crippen molar-refractivity contribution >= 4 is 0 Å². The summed E-state index contributed by atoms with van der Waals surface area (Å²) in [4.78, 5) is 0. The monoisotopic (exact) mass is 222 g/mol. The van der Waals surface area contributed by atoms with Crippen LogP contribution in [-0.4, -0.2) is 5.92 Å². The number of hydrogen-bond donors (Lipinski definition) is 0. The second-order valence-corrected chi connectivity index (χ2v) is 3.64. The van der Waals surface area contributed by atoms with E-state index in [9.17, 15) is 22.0 Å². The molecule has 2 rings (SSSR count). The summed E-state index contributed by atoms with van der Waals surface area (Å²) in [6.45, 7) is 0. The van der Waals surface area contributed by atoms with E-state index in [-0.39, 0.29) is 12.0 Å². The molecule has 0 aliphatic heterocycles. The average molecular weight is 222 g/mol. The molecule has 1 saturated carbocycles. The van der Waals surface area contributed by atoms with E-state index in [2.05, 4.69) is 0 Å². The van der Waals surface area contributed by atoms with Gasteiger partial charge < -0.3 is 0 Å². The van der Waals surface area contributed by atoms with Gasteiger partial charge in [-0.05, 0) is 17.7 Å². The minimum atomic E-state index is -4.41. The van der Waals surface area contributed by atoms with Crippen LogP contribution in [0.15, 0.2) is 24.3 Å². The van der Waals surface area contributed by atoms with Crippen LogP contribution in [0.4, 0.5) is 22.0 Å². The third-order valence-electron chi connectivity index (χ3n) is 2.47. The molecular weight excluding hydrogens is 215 g/mol. The highest BCUT2D eigenvalue weighted by molar-refractivity contribution is 5.32. The van der Waals surface area contributed by atoms with Crippen molar-refractivity contribution in [2.75, 3.05) is 0 Å². The molecule has 1 atom stereocenters. The summed E-state index contributed by atoms with van der Waals surface area (Å²) in [5.74, 6) is -3.64. The van der Waals surface area contributed by atoms with Crippen LogP contribution in [0.25, 0.3) is 0 Å². The summed E-state index contributed by atoms with van der Waals surface area (Å²) in [7, 11) is 0. The van der Waals surface area contributed by atoms with Gasteiger partial charge in [0.05, 0.1) is 11.5 Å². The molecule has 0 spiro atoms. The van der Waals surface area contributed by atoms with Gasteiger partial charge in [0.2, 0.25) is 0 Å². The normalized spacial score (nSPS) is 23.9. The van der Waals surface area contributed by atoms with Gasteiger partial charge in [-0.1, -0.05) is 12.1 Å². The van der Waals surface area contributed by atoms with E-state index in [1.807, 2.05) is 0 Å². The standard InChI is InChI=1S/C10H7F5/c11-9(12)5-8(9)6-1-3-7(4-2-6)10(13,14)15/h1-4,8H,5H2. The van der Waals surface area contributed by atoms with Gasteiger partial charge in [0.1, 0.15) is 0 Å². The molecule has 82 valence electrons. The Hall–Kier alpha value is -1.13. The lowest BCUT2D eigenvalue weighted by Gasteiger charge is -2.07. The van der Waals surface area contributed by atoms with Crippen LogP contribution in [0.3, 0.4) is 0 Å². The second kappa shape index (κ2) is 2.93. The largest absolute Gasteiger partial charge is 0.416 e. The first kappa shape index (κ1) is 10.4. The van der Waals surface area contributed by atoms with E-state index in [1.165, 1.54) is 0 Å². The fraction of sp³-hybridized carbons (Fsp3) is 0.400. The number of rotatable bonds is 1. The van der Waals surface area contributed by atoms with Gasteiger partial charge in [-0.25, -0.2) is 8.78 Å². The van der Waals surface area contributed by atoms with Crippen LogP contribution >= 0.6 is 0 Å². The third kappa shape index (κ3) is 1.96. The van der Waals surface area contributed by atoms with Crippen molar-refractivity contribution in [3.05, 3.63) is 35.4 Å². The van der Waals surface area contributed by atoms with Crippen molar-refractivity contribution in [1.82, 2.24) is 0 Å². The van der Waals surface area contributed by atoms with Crippen LogP contribution in [0.2, 0.25) is 0 Å². The average Bonchev–Trinajstić information content (AvgIpc) is 2.74. The van der Waals surface area contributed by atoms with Crippen molar-refractivity contribution in [1.29, 1.82) is 0 Å². The number of benzene rings is 1. The first-order valence-electron chi connectivity index (χ1n) is 4.36. The molecule has 5 heteroatoms. The molecule has 0 nitrogen and oxygen atoms in total. The molecule has 1 aromatic rings. The Balaban J connectivity index is 2.19. The Morgan fingerprint density at radius 3 is 1.87 bits per heavy atom. The summed E-state index contributed by atoms with van der Waals surface area (Å²) < 4.78 is 61.6. The van der Waals surface area contributed by atoms with Crippen molar-refractivity contribution in [3.63, 3.8) is 0 Å². The topological polar surface area (TPSA) is 0 Å². The molecule has 1 unspecified atom stereocenters. The molecule has 15 heavy (non-hydrogen) atoms. The summed E-state index contributed by atoms with van der Waals surface area (Å²) in [5, 5.41) is 0. The summed E-state index contributed by atoms with van der Waals surface area (Å²) in [6.07, 6.45) is -4.68. The zero-order valence-electron chi connectivity index (χ0n) is 7.48. The van der Waals surface area contributed by atoms with E-state index < -0.39 is 23.6 Å². The molecule has 0 N–H and O–H groups in total. The number of halogens is 5. The maximum absolute atomic E-state index is 12.6. The van der Waals surface area contributed by atoms with Gasteiger partial charge in [-0.2, -0.15) is 13.2 Å². The Bertz CT molecular complexity index is 362. The minimum Gasteiger partial charge on any atom is -0.206 e. The molecule has 1 aliphatic carbocycles. The van der Waals surface area contributed by atoms with Crippen molar-refractivity contribution < 1.29 is 22.0 Å². The van der Waals surface area contributed by atoms with Crippen LogP contribution in [0, 0.1) is 0 Å². The molecule has 1 aliphatic rings. The molecule has 0 amide bonds. The Morgan fingerprint density at radius 2 is 1.53 bits per heavy atom. The number of hydrogen-bond acceptors (Lipinski definition) is 0. The second-order valence-electron chi connectivity index (χ2n) is 3.64. The van der Waals surface area contributed by atoms with Gasteiger partial charge in [0.25, 0.3) is 5.92 Å². The van der Waals surface area contributed by atoms with Crippen LogP contribution in [0.5, 0.6) is 0 Å². The molecule has 0 aromatic heterocycles. The van der Waals surface area contributed by atoms with Crippen molar-refractivity contribution in [2.45, 2.75) is 24.4 Å². The fourth-order valence-electron chi connectivity index (χ4n) is 1.48. The Kier molecular flexibility index (Phi) is 2.03. The Morgan fingerprint density at radius 1 is 1.07 bits per heavy atom.